The van der Waals surface area contributed by atoms with Gasteiger partial charge in [-0.05, 0) is 146 Å². The first kappa shape index (κ1) is 61.2. The van der Waals surface area contributed by atoms with Crippen LogP contribution in [0, 0.1) is 11.3 Å². The van der Waals surface area contributed by atoms with Crippen LogP contribution in [0.2, 0.25) is 5.02 Å². The highest BCUT2D eigenvalue weighted by Gasteiger charge is 2.40. The fourth-order valence-electron chi connectivity index (χ4n) is 13.5. The molecule has 88 heavy (non-hydrogen) atoms. The number of nitrogens with zero attached hydrogens (tertiary/aromatic N) is 7. The number of rotatable bonds is 19. The maximum Gasteiger partial charge on any atom is 0.268 e. The van der Waals surface area contributed by atoms with Crippen molar-refractivity contribution in [3.63, 3.8) is 0 Å². The van der Waals surface area contributed by atoms with E-state index in [0.717, 1.165) is 149 Å². The molecule has 0 radical (unpaired) electrons. The van der Waals surface area contributed by atoms with Gasteiger partial charge in [0.05, 0.1) is 22.3 Å². The van der Waals surface area contributed by atoms with Gasteiger partial charge in [-0.15, -0.1) is 17.0 Å². The number of aromatic nitrogens is 2. The van der Waals surface area contributed by atoms with Crippen LogP contribution >= 0.6 is 23.4 Å². The molecule has 6 heterocycles. The summed E-state index contributed by atoms with van der Waals surface area (Å²) in [5, 5.41) is 27.9. The minimum absolute atomic E-state index is 0.0224. The third-order valence-electron chi connectivity index (χ3n) is 18.6. The molecule has 4 aliphatic heterocycles. The van der Waals surface area contributed by atoms with Gasteiger partial charge in [0, 0.05) is 136 Å². The van der Waals surface area contributed by atoms with Crippen LogP contribution in [-0.2, 0) is 26.2 Å². The van der Waals surface area contributed by atoms with Crippen molar-refractivity contribution in [2.45, 2.75) is 100 Å². The highest BCUT2D eigenvalue weighted by atomic mass is 35.5. The predicted molar refractivity (Wildman–Crippen MR) is 340 cm³/mol. The topological polar surface area (TPSA) is 236 Å². The van der Waals surface area contributed by atoms with E-state index in [4.69, 9.17) is 16.3 Å². The largest absolute Gasteiger partial charge is 0.455 e. The van der Waals surface area contributed by atoms with Crippen molar-refractivity contribution in [3.05, 3.63) is 136 Å². The number of carbonyl (C=O) groups is 4. The average Bonchev–Trinajstić information content (AvgIpc) is 2.66. The molecule has 6 aliphatic rings. The molecule has 20 nitrogen and oxygen atoms in total. The van der Waals surface area contributed by atoms with Crippen molar-refractivity contribution in [1.29, 1.82) is 0 Å². The lowest BCUT2D eigenvalue weighted by Gasteiger charge is -2.42. The van der Waals surface area contributed by atoms with E-state index < -0.39 is 27.9 Å². The number of H-pyrrole nitrogens is 1. The minimum Gasteiger partial charge on any atom is -0.455 e. The summed E-state index contributed by atoms with van der Waals surface area (Å²) < 4.78 is 36.8. The number of ether oxygens (including phenoxy) is 1. The van der Waals surface area contributed by atoms with E-state index in [1.54, 1.807) is 53.3 Å². The lowest BCUT2D eigenvalue weighted by Crippen LogP contribution is -2.52. The average molecular weight is 1250 g/mol. The number of sulfonamides is 1. The van der Waals surface area contributed by atoms with Crippen LogP contribution in [0.4, 0.5) is 17.1 Å². The molecule has 1 atom stereocenters. The van der Waals surface area contributed by atoms with Crippen LogP contribution in [0.25, 0.3) is 16.6 Å². The quantitative estimate of drug-likeness (QED) is 0.0251. The molecule has 2 aliphatic carbocycles. The van der Waals surface area contributed by atoms with E-state index in [0.29, 0.717) is 54.1 Å². The number of imide groups is 1. The van der Waals surface area contributed by atoms with Crippen LogP contribution in [0.15, 0.2) is 119 Å². The SMILES string of the molecule is CC1(C)CCC(CN2CCN(c3ccc(C(=O)NS(=O)(=O)c4ccc(NC[C@H]5CC[C@@H](N6CCN(CCSc7cccc8c7CN(C7CCC(=O)NC7=O)C8=O)CC6)CC5)c(N(O)O)c4)c(Oc4cnc5[nH]ccc5c4)c3)CC2)=C(c2ccc(Cl)cc2)C1. The predicted octanol–water partition coefficient (Wildman–Crippen LogP) is 9.64. The number of carbonyl (C=O) groups excluding carboxylic acids is 4. The summed E-state index contributed by atoms with van der Waals surface area (Å²) in [5.41, 5.74) is 7.48. The van der Waals surface area contributed by atoms with Crippen molar-refractivity contribution in [3.8, 4) is 11.5 Å². The van der Waals surface area contributed by atoms with Crippen LogP contribution in [0.5, 0.6) is 11.5 Å². The zero-order chi connectivity index (χ0) is 61.3. The van der Waals surface area contributed by atoms with Gasteiger partial charge < -0.3 is 24.8 Å². The summed E-state index contributed by atoms with van der Waals surface area (Å²) in [6, 6.07) is 26.5. The third-order valence-corrected chi connectivity index (χ3v) is 21.3. The number of anilines is 3. The van der Waals surface area contributed by atoms with Gasteiger partial charge in [0.2, 0.25) is 11.8 Å². The van der Waals surface area contributed by atoms with Gasteiger partial charge in [0.1, 0.15) is 28.9 Å². The summed E-state index contributed by atoms with van der Waals surface area (Å²) >= 11 is 8.02. The molecule has 6 N–H and O–H groups in total. The molecule has 4 amide bonds. The van der Waals surface area contributed by atoms with E-state index in [1.807, 2.05) is 36.4 Å². The number of pyridine rings is 1. The van der Waals surface area contributed by atoms with Crippen LogP contribution in [0.1, 0.15) is 103 Å². The molecule has 6 aromatic rings. The number of allylic oxidation sites excluding steroid dienone is 1. The number of hydrogen-bond acceptors (Lipinski definition) is 17. The first-order valence-electron chi connectivity index (χ1n) is 30.6. The second-order valence-corrected chi connectivity index (χ2v) is 28.2. The number of benzene rings is 4. The monoisotopic (exact) mass is 1250 g/mol. The van der Waals surface area contributed by atoms with E-state index in [-0.39, 0.29) is 50.8 Å². The van der Waals surface area contributed by atoms with Crippen LogP contribution < -0.4 is 30.2 Å². The Labute approximate surface area is 522 Å². The van der Waals surface area contributed by atoms with Crippen LogP contribution in [-0.4, -0.2) is 162 Å². The van der Waals surface area contributed by atoms with Gasteiger partial charge in [-0.1, -0.05) is 49.2 Å². The Morgan fingerprint density at radius 2 is 1.65 bits per heavy atom. The fraction of sp³-hybridized carbons (Fsp3) is 0.431. The normalized spacial score (nSPS) is 21.4. The van der Waals surface area contributed by atoms with Gasteiger partial charge >= 0.3 is 0 Å². The Bertz CT molecular complexity index is 3740. The van der Waals surface area contributed by atoms with Crippen molar-refractivity contribution < 1.29 is 42.7 Å². The fourth-order valence-corrected chi connectivity index (χ4v) is 15.7. The van der Waals surface area contributed by atoms with Crippen molar-refractivity contribution in [2.24, 2.45) is 11.3 Å². The summed E-state index contributed by atoms with van der Waals surface area (Å²) in [7, 11) is -4.57. The van der Waals surface area contributed by atoms with E-state index >= 15 is 0 Å². The summed E-state index contributed by atoms with van der Waals surface area (Å²) in [5.74, 6) is -0.127. The molecule has 2 aromatic heterocycles. The molecule has 4 fully saturated rings. The zero-order valence-electron chi connectivity index (χ0n) is 49.7. The number of fused-ring (bicyclic) bond motifs is 2. The van der Waals surface area contributed by atoms with Gasteiger partial charge in [-0.3, -0.25) is 49.6 Å². The van der Waals surface area contributed by atoms with Gasteiger partial charge in [0.25, 0.3) is 21.8 Å². The first-order valence-corrected chi connectivity index (χ1v) is 33.4. The zero-order valence-corrected chi connectivity index (χ0v) is 52.1. The number of hydrogen-bond donors (Lipinski definition) is 6. The highest BCUT2D eigenvalue weighted by Crippen LogP contribution is 2.44. The van der Waals surface area contributed by atoms with Crippen molar-refractivity contribution in [2.75, 3.05) is 93.2 Å². The van der Waals surface area contributed by atoms with E-state index in [1.165, 1.54) is 28.8 Å². The molecular formula is C65H76ClN11O9S2. The molecule has 4 aromatic carbocycles. The number of halogens is 1. The van der Waals surface area contributed by atoms with Gasteiger partial charge in [-0.2, -0.15) is 0 Å². The second kappa shape index (κ2) is 26.2. The van der Waals surface area contributed by atoms with E-state index in [9.17, 15) is 38.0 Å². The molecule has 23 heteroatoms. The maximum atomic E-state index is 14.2. The Kier molecular flexibility index (Phi) is 18.2. The summed E-state index contributed by atoms with van der Waals surface area (Å²) in [6.45, 7) is 14.3. The molecule has 1 unspecified atom stereocenters. The summed E-state index contributed by atoms with van der Waals surface area (Å²) in [6.07, 6.45) is 11.1. The Morgan fingerprint density at radius 3 is 2.41 bits per heavy atom. The molecule has 3 saturated heterocycles. The Morgan fingerprint density at radius 1 is 0.875 bits per heavy atom. The standard InChI is InChI=1S/C65H76ClN11O9S2/c1-65(2)22-20-45(53(37-65)43-8-10-46(66)11-9-43)40-73-26-30-75(31-27-73)48-14-16-52(58(35-48)86-49-34-44-21-23-67-61(44)69-39-49)62(79)71-88(84,85)50-15-17-55(57(36-50)77(82)83)68-38-42-6-12-47(13-7-42)74-28-24-72(25-29-74)32-33-87-59-5-3-4-51-54(59)41-76(64(51)81)56-18-19-60(78)70-63(56)80/h3-5,8-11,14-17,21,23,34-36,39,42,47,56,68,82-83H,6-7,12-13,18-20,22,24-33,37-38,40-41H2,1-2H3,(H,67,69)(H,71,79)(H,70,78,80)/t42-,47+,56?. The number of piperidine rings is 1. The first-order chi connectivity index (χ1) is 42.4. The molecule has 1 saturated carbocycles. The lowest BCUT2D eigenvalue weighted by atomic mass is 9.72. The van der Waals surface area contributed by atoms with E-state index in [2.05, 4.69) is 70.9 Å². The molecule has 0 bridgehead atoms. The molecule has 0 spiro atoms. The van der Waals surface area contributed by atoms with Crippen molar-refractivity contribution >= 4 is 90.7 Å². The number of aromatic amines is 1. The highest BCUT2D eigenvalue weighted by molar-refractivity contribution is 7.99. The lowest BCUT2D eigenvalue weighted by molar-refractivity contribution is -0.136. The van der Waals surface area contributed by atoms with Crippen molar-refractivity contribution in [1.82, 2.24) is 39.6 Å². The molecule has 12 rings (SSSR count). The molecular weight excluding hydrogens is 1180 g/mol. The Hall–Kier alpha value is -7.02. The third kappa shape index (κ3) is 13.9. The maximum absolute atomic E-state index is 14.2. The second-order valence-electron chi connectivity index (χ2n) is 24.9. The van der Waals surface area contributed by atoms with Gasteiger partial charge in [0.15, 0.2) is 0 Å². The number of thioether (sulfide) groups is 1. The van der Waals surface area contributed by atoms with Crippen LogP contribution in [0.3, 0.4) is 0 Å². The smallest absolute Gasteiger partial charge is 0.268 e. The number of nitrogens with one attached hydrogen (secondary N) is 4. The summed E-state index contributed by atoms with van der Waals surface area (Å²) in [4.78, 5) is 71.6. The molecule has 464 valence electrons. The Balaban J connectivity index is 0.631. The van der Waals surface area contributed by atoms with Gasteiger partial charge in [-0.25, -0.2) is 18.1 Å². The minimum atomic E-state index is -4.57. The number of piperazine rings is 2. The number of amides is 4.